The van der Waals surface area contributed by atoms with Crippen LogP contribution in [-0.2, 0) is 14.3 Å². The van der Waals surface area contributed by atoms with Gasteiger partial charge in [-0.25, -0.2) is 14.4 Å². The molecule has 154 valence electrons. The molecule has 9 nitrogen and oxygen atoms in total. The Balaban J connectivity index is 2.11. The largest absolute Gasteiger partial charge is 0.497 e. The fourth-order valence-corrected chi connectivity index (χ4v) is 2.32. The van der Waals surface area contributed by atoms with Crippen molar-refractivity contribution in [3.63, 3.8) is 0 Å². The smallest absolute Gasteiger partial charge is 0.349 e. The summed E-state index contributed by atoms with van der Waals surface area (Å²) in [4.78, 5) is 36.0. The number of aliphatic hydroxyl groups excluding tert-OH is 1. The number of esters is 2. The maximum Gasteiger partial charge on any atom is 0.349 e. The molecule has 2 atom stereocenters. The molecule has 0 saturated heterocycles. The molecule has 0 amide bonds. The van der Waals surface area contributed by atoms with Crippen molar-refractivity contribution in [3.8, 4) is 11.5 Å². The highest BCUT2D eigenvalue weighted by Crippen LogP contribution is 2.17. The number of ether oxygens (including phenoxy) is 4. The summed E-state index contributed by atoms with van der Waals surface area (Å²) in [5, 5.41) is 18.9. The van der Waals surface area contributed by atoms with Gasteiger partial charge in [-0.1, -0.05) is 0 Å². The Morgan fingerprint density at radius 1 is 0.793 bits per heavy atom. The number of aliphatic carboxylic acids is 1. The van der Waals surface area contributed by atoms with Gasteiger partial charge in [0.2, 0.25) is 6.10 Å². The quantitative estimate of drug-likeness (QED) is 0.598. The van der Waals surface area contributed by atoms with Crippen LogP contribution in [0.25, 0.3) is 0 Å². The van der Waals surface area contributed by atoms with Gasteiger partial charge in [0.1, 0.15) is 11.5 Å². The predicted molar refractivity (Wildman–Crippen MR) is 99.1 cm³/mol. The first kappa shape index (κ1) is 21.7. The van der Waals surface area contributed by atoms with Crippen molar-refractivity contribution in [1.29, 1.82) is 0 Å². The van der Waals surface area contributed by atoms with Gasteiger partial charge in [0.15, 0.2) is 6.10 Å². The van der Waals surface area contributed by atoms with Crippen molar-refractivity contribution >= 4 is 17.9 Å². The van der Waals surface area contributed by atoms with Crippen LogP contribution >= 0.6 is 0 Å². The molecular weight excluding hydrogens is 384 g/mol. The number of aliphatic hydroxyl groups is 1. The van der Waals surface area contributed by atoms with E-state index >= 15 is 0 Å². The molecule has 0 aliphatic rings. The Hall–Kier alpha value is -3.59. The van der Waals surface area contributed by atoms with Gasteiger partial charge in [-0.15, -0.1) is 0 Å². The molecule has 2 rings (SSSR count). The number of benzene rings is 2. The van der Waals surface area contributed by atoms with Crippen LogP contribution in [0.1, 0.15) is 20.7 Å². The molecule has 0 heterocycles. The maximum absolute atomic E-state index is 12.2. The molecule has 2 aromatic rings. The minimum absolute atomic E-state index is 0.0650. The highest BCUT2D eigenvalue weighted by atomic mass is 16.6. The van der Waals surface area contributed by atoms with E-state index in [2.05, 4.69) is 0 Å². The van der Waals surface area contributed by atoms with Gasteiger partial charge >= 0.3 is 17.9 Å². The number of hydrogen-bond donors (Lipinski definition) is 2. The minimum Gasteiger partial charge on any atom is -0.497 e. The van der Waals surface area contributed by atoms with Crippen molar-refractivity contribution in [2.45, 2.75) is 12.2 Å². The number of carbonyl (C=O) groups is 3. The summed E-state index contributed by atoms with van der Waals surface area (Å²) in [6.07, 6.45) is -3.51. The highest BCUT2D eigenvalue weighted by molar-refractivity contribution is 5.92. The normalized spacial score (nSPS) is 12.4. The van der Waals surface area contributed by atoms with E-state index in [1.54, 1.807) is 0 Å². The van der Waals surface area contributed by atoms with Gasteiger partial charge in [-0.3, -0.25) is 0 Å². The maximum atomic E-state index is 12.2. The van der Waals surface area contributed by atoms with Crippen molar-refractivity contribution in [1.82, 2.24) is 0 Å². The first-order valence-corrected chi connectivity index (χ1v) is 8.43. The highest BCUT2D eigenvalue weighted by Gasteiger charge is 2.35. The lowest BCUT2D eigenvalue weighted by molar-refractivity contribution is -0.155. The summed E-state index contributed by atoms with van der Waals surface area (Å²) < 4.78 is 20.0. The van der Waals surface area contributed by atoms with E-state index in [-0.39, 0.29) is 11.1 Å². The van der Waals surface area contributed by atoms with E-state index in [0.717, 1.165) is 0 Å². The summed E-state index contributed by atoms with van der Waals surface area (Å²) in [6, 6.07) is 11.6. The van der Waals surface area contributed by atoms with Crippen LogP contribution < -0.4 is 9.47 Å². The zero-order valence-electron chi connectivity index (χ0n) is 15.7. The molecule has 0 fully saturated rings. The molecule has 0 aliphatic heterocycles. The second kappa shape index (κ2) is 10.1. The molecule has 0 radical (unpaired) electrons. The third kappa shape index (κ3) is 5.69. The van der Waals surface area contributed by atoms with Crippen molar-refractivity contribution < 1.29 is 43.5 Å². The molecule has 9 heteroatoms. The summed E-state index contributed by atoms with van der Waals surface area (Å²) in [5.41, 5.74) is 0.171. The van der Waals surface area contributed by atoms with Crippen molar-refractivity contribution in [2.24, 2.45) is 0 Å². The standard InChI is InChI=1S/C20H20O9/c1-26-14-7-3-12(4-8-14)19(24)28-16(11-21)17(18(22)23)29-20(25)13-5-9-15(27-2)10-6-13/h3-10,16-17,21H,11H2,1-2H3,(H,22,23). The second-order valence-corrected chi connectivity index (χ2v) is 5.75. The number of hydrogen-bond acceptors (Lipinski definition) is 8. The fourth-order valence-electron chi connectivity index (χ4n) is 2.32. The van der Waals surface area contributed by atoms with E-state index in [1.165, 1.54) is 62.8 Å². The molecule has 2 N–H and O–H groups in total. The molecule has 2 unspecified atom stereocenters. The summed E-state index contributed by atoms with van der Waals surface area (Å²) >= 11 is 0. The lowest BCUT2D eigenvalue weighted by atomic mass is 10.1. The van der Waals surface area contributed by atoms with E-state index in [0.29, 0.717) is 11.5 Å². The molecule has 2 aromatic carbocycles. The van der Waals surface area contributed by atoms with E-state index in [1.807, 2.05) is 0 Å². The Morgan fingerprint density at radius 2 is 1.21 bits per heavy atom. The van der Waals surface area contributed by atoms with E-state index in [4.69, 9.17) is 18.9 Å². The van der Waals surface area contributed by atoms with E-state index in [9.17, 15) is 24.6 Å². The Kier molecular flexibility index (Phi) is 7.55. The Labute approximate surface area is 166 Å². The SMILES string of the molecule is COc1ccc(C(=O)OC(CO)C(OC(=O)c2ccc(OC)cc2)C(=O)O)cc1. The molecular formula is C20H20O9. The predicted octanol–water partition coefficient (Wildman–Crippen LogP) is 1.53. The molecule has 0 saturated carbocycles. The summed E-state index contributed by atoms with van der Waals surface area (Å²) in [6.45, 7) is -0.866. The fraction of sp³-hybridized carbons (Fsp3) is 0.250. The Bertz CT molecular complexity index is 843. The number of carbonyl (C=O) groups excluding carboxylic acids is 2. The second-order valence-electron chi connectivity index (χ2n) is 5.75. The average Bonchev–Trinajstić information content (AvgIpc) is 2.75. The first-order chi connectivity index (χ1) is 13.9. The van der Waals surface area contributed by atoms with Crippen molar-refractivity contribution in [3.05, 3.63) is 59.7 Å². The number of carboxylic acid groups (broad SMARTS) is 1. The third-order valence-corrected chi connectivity index (χ3v) is 3.90. The van der Waals surface area contributed by atoms with Gasteiger partial charge in [0.25, 0.3) is 0 Å². The first-order valence-electron chi connectivity index (χ1n) is 8.43. The van der Waals surface area contributed by atoms with Crippen LogP contribution in [0.2, 0.25) is 0 Å². The molecule has 0 aliphatic carbocycles. The molecule has 0 bridgehead atoms. The van der Waals surface area contributed by atoms with Crippen LogP contribution in [0, 0.1) is 0 Å². The zero-order valence-corrected chi connectivity index (χ0v) is 15.7. The number of rotatable bonds is 9. The van der Waals surface area contributed by atoms with Gasteiger partial charge in [0.05, 0.1) is 32.0 Å². The summed E-state index contributed by atoms with van der Waals surface area (Å²) in [7, 11) is 2.92. The third-order valence-electron chi connectivity index (χ3n) is 3.90. The van der Waals surface area contributed by atoms with Crippen LogP contribution in [0.4, 0.5) is 0 Å². The molecule has 0 aromatic heterocycles. The van der Waals surface area contributed by atoms with Gasteiger partial charge < -0.3 is 29.2 Å². The van der Waals surface area contributed by atoms with Crippen LogP contribution in [0.3, 0.4) is 0 Å². The molecule has 0 spiro atoms. The van der Waals surface area contributed by atoms with E-state index < -0.39 is 36.7 Å². The lowest BCUT2D eigenvalue weighted by Gasteiger charge is -2.22. The average molecular weight is 404 g/mol. The number of carboxylic acids is 1. The van der Waals surface area contributed by atoms with Crippen LogP contribution in [0.5, 0.6) is 11.5 Å². The van der Waals surface area contributed by atoms with Crippen LogP contribution in [-0.4, -0.2) is 61.2 Å². The van der Waals surface area contributed by atoms with Gasteiger partial charge in [-0.2, -0.15) is 0 Å². The van der Waals surface area contributed by atoms with Gasteiger partial charge in [0, 0.05) is 0 Å². The topological polar surface area (TPSA) is 129 Å². The minimum atomic E-state index is -1.91. The zero-order chi connectivity index (χ0) is 21.4. The monoisotopic (exact) mass is 404 g/mol. The molecule has 29 heavy (non-hydrogen) atoms. The van der Waals surface area contributed by atoms with Crippen molar-refractivity contribution in [2.75, 3.05) is 20.8 Å². The van der Waals surface area contributed by atoms with Crippen LogP contribution in [0.15, 0.2) is 48.5 Å². The number of methoxy groups -OCH3 is 2. The lowest BCUT2D eigenvalue weighted by Crippen LogP contribution is -2.43. The Morgan fingerprint density at radius 3 is 1.55 bits per heavy atom. The summed E-state index contributed by atoms with van der Waals surface area (Å²) in [5.74, 6) is -2.42. The van der Waals surface area contributed by atoms with Gasteiger partial charge in [-0.05, 0) is 48.5 Å².